The van der Waals surface area contributed by atoms with E-state index in [-0.39, 0.29) is 28.6 Å². The Labute approximate surface area is 273 Å². The first-order chi connectivity index (χ1) is 22.4. The Hall–Kier alpha value is -4.29. The summed E-state index contributed by atoms with van der Waals surface area (Å²) in [5.41, 5.74) is 4.95. The van der Waals surface area contributed by atoms with Gasteiger partial charge in [0.2, 0.25) is 5.78 Å². The van der Waals surface area contributed by atoms with Crippen molar-refractivity contribution in [1.82, 2.24) is 34.7 Å². The number of carbonyl (C=O) groups excluding carboxylic acids is 1. The molecule has 1 unspecified atom stereocenters. The molecule has 5 aromatic rings. The highest BCUT2D eigenvalue weighted by Gasteiger charge is 2.26. The number of imidazole rings is 1. The summed E-state index contributed by atoms with van der Waals surface area (Å²) in [5.74, 6) is 0.977. The van der Waals surface area contributed by atoms with Crippen molar-refractivity contribution in [2.75, 3.05) is 20.8 Å². The molecule has 0 spiro atoms. The Kier molecular flexibility index (Phi) is 11.0. The van der Waals surface area contributed by atoms with E-state index in [9.17, 15) is 4.79 Å². The highest BCUT2D eigenvalue weighted by atomic mass is 35.5. The number of tetrazole rings is 1. The number of carbonyl (C=O) groups is 1. The summed E-state index contributed by atoms with van der Waals surface area (Å²) in [6.45, 7) is 6.81. The second kappa shape index (κ2) is 15.3. The molecule has 0 N–H and O–H groups in total. The Morgan fingerprint density at radius 1 is 1.00 bits per heavy atom. The van der Waals surface area contributed by atoms with Gasteiger partial charge >= 0.3 is 0 Å². The minimum absolute atomic E-state index is 0.143. The first-order valence-corrected chi connectivity index (χ1v) is 15.7. The molecule has 3 heterocycles. The van der Waals surface area contributed by atoms with Crippen LogP contribution in [0.1, 0.15) is 79.3 Å². The van der Waals surface area contributed by atoms with E-state index in [0.717, 1.165) is 40.9 Å². The largest absolute Gasteiger partial charge is 0.357 e. The van der Waals surface area contributed by atoms with Crippen LogP contribution in [0.5, 0.6) is 0 Å². The summed E-state index contributed by atoms with van der Waals surface area (Å²) in [5, 5.41) is 12.8. The molecule has 2 aromatic carbocycles. The Balaban J connectivity index is 1.59. The molecule has 0 aliphatic rings. The lowest BCUT2D eigenvalue weighted by Gasteiger charge is -2.17. The van der Waals surface area contributed by atoms with E-state index in [2.05, 4.69) is 44.5 Å². The molecular formula is C34H38ClN7O4. The Morgan fingerprint density at radius 3 is 2.46 bits per heavy atom. The fourth-order valence-corrected chi connectivity index (χ4v) is 5.69. The number of unbranched alkanes of at least 4 members (excludes halogenated alkanes) is 1. The summed E-state index contributed by atoms with van der Waals surface area (Å²) >= 11 is 6.71. The Morgan fingerprint density at radius 2 is 1.78 bits per heavy atom. The maximum absolute atomic E-state index is 13.9. The standard InChI is InChI=1S/C34H38ClN7O4/c1-6-8-14-29-37-32(35)30(31(43)28-18-16-25(20-36-28)34(44-4)45-5)41(29)21-23-15-17-26(24-12-10-9-11-13-24)27(19-23)33-38-39-40-42(33)22(3)46-7-2/h9-13,15-20,22,34H,6-8,14,21H2,1-5H3. The number of benzene rings is 2. The first kappa shape index (κ1) is 33.1. The molecule has 1 atom stereocenters. The molecule has 0 saturated heterocycles. The quantitative estimate of drug-likeness (QED) is 0.0904. The van der Waals surface area contributed by atoms with Crippen LogP contribution < -0.4 is 0 Å². The zero-order chi connectivity index (χ0) is 32.6. The number of ether oxygens (including phenoxy) is 3. The SMILES string of the molecule is CCCCc1nc(Cl)c(C(=O)c2ccc(C(OC)OC)cn2)n1Cc1ccc(-c2ccccc2)c(-c2nnnn2C(C)OCC)c1. The lowest BCUT2D eigenvalue weighted by atomic mass is 9.96. The van der Waals surface area contributed by atoms with Crippen LogP contribution in [0.3, 0.4) is 0 Å². The van der Waals surface area contributed by atoms with Crippen LogP contribution in [0.15, 0.2) is 66.9 Å². The molecule has 0 amide bonds. The minimum atomic E-state index is -0.586. The van der Waals surface area contributed by atoms with Crippen LogP contribution in [0.4, 0.5) is 0 Å². The van der Waals surface area contributed by atoms with Crippen LogP contribution in [0, 0.1) is 0 Å². The third-order valence-electron chi connectivity index (χ3n) is 7.69. The highest BCUT2D eigenvalue weighted by molar-refractivity contribution is 6.33. The van der Waals surface area contributed by atoms with Gasteiger partial charge in [-0.25, -0.2) is 4.98 Å². The molecule has 12 heteroatoms. The van der Waals surface area contributed by atoms with E-state index >= 15 is 0 Å². The number of aromatic nitrogens is 7. The van der Waals surface area contributed by atoms with E-state index in [1.807, 2.05) is 54.8 Å². The lowest BCUT2D eigenvalue weighted by Crippen LogP contribution is -2.16. The van der Waals surface area contributed by atoms with E-state index in [4.69, 9.17) is 25.8 Å². The van der Waals surface area contributed by atoms with Crippen molar-refractivity contribution in [2.45, 2.75) is 59.1 Å². The van der Waals surface area contributed by atoms with Crippen molar-refractivity contribution in [2.24, 2.45) is 0 Å². The number of rotatable bonds is 15. The highest BCUT2D eigenvalue weighted by Crippen LogP contribution is 2.34. The Bertz CT molecular complexity index is 1750. The van der Waals surface area contributed by atoms with Crippen molar-refractivity contribution < 1.29 is 19.0 Å². The van der Waals surface area contributed by atoms with Gasteiger partial charge in [0, 0.05) is 51.1 Å². The van der Waals surface area contributed by atoms with Gasteiger partial charge in [0.1, 0.15) is 17.2 Å². The number of hydrogen-bond acceptors (Lipinski definition) is 9. The van der Waals surface area contributed by atoms with Gasteiger partial charge in [-0.15, -0.1) is 5.10 Å². The van der Waals surface area contributed by atoms with Crippen LogP contribution in [-0.4, -0.2) is 61.4 Å². The van der Waals surface area contributed by atoms with Crippen molar-refractivity contribution in [1.29, 1.82) is 0 Å². The van der Waals surface area contributed by atoms with E-state index in [1.165, 1.54) is 0 Å². The number of aryl methyl sites for hydroxylation is 1. The molecule has 46 heavy (non-hydrogen) atoms. The maximum atomic E-state index is 13.9. The van der Waals surface area contributed by atoms with Gasteiger partial charge in [-0.2, -0.15) is 4.68 Å². The van der Waals surface area contributed by atoms with E-state index < -0.39 is 6.29 Å². The van der Waals surface area contributed by atoms with Gasteiger partial charge in [-0.3, -0.25) is 9.78 Å². The van der Waals surface area contributed by atoms with Gasteiger partial charge in [-0.05, 0) is 59.5 Å². The summed E-state index contributed by atoms with van der Waals surface area (Å²) in [4.78, 5) is 23.0. The maximum Gasteiger partial charge on any atom is 0.230 e. The molecule has 11 nitrogen and oxygen atoms in total. The minimum Gasteiger partial charge on any atom is -0.357 e. The van der Waals surface area contributed by atoms with Gasteiger partial charge in [0.25, 0.3) is 0 Å². The predicted octanol–water partition coefficient (Wildman–Crippen LogP) is 6.72. The van der Waals surface area contributed by atoms with Crippen molar-refractivity contribution in [3.8, 4) is 22.5 Å². The van der Waals surface area contributed by atoms with Gasteiger partial charge in [0.15, 0.2) is 23.5 Å². The third-order valence-corrected chi connectivity index (χ3v) is 7.95. The molecule has 240 valence electrons. The second-order valence-corrected chi connectivity index (χ2v) is 11.1. The van der Waals surface area contributed by atoms with Crippen LogP contribution in [0.25, 0.3) is 22.5 Å². The summed E-state index contributed by atoms with van der Waals surface area (Å²) < 4.78 is 20.0. The van der Waals surface area contributed by atoms with Crippen molar-refractivity contribution in [3.05, 3.63) is 100 Å². The van der Waals surface area contributed by atoms with Crippen LogP contribution >= 0.6 is 11.6 Å². The van der Waals surface area contributed by atoms with Gasteiger partial charge in [0.05, 0.1) is 0 Å². The third kappa shape index (κ3) is 7.07. The van der Waals surface area contributed by atoms with Crippen molar-refractivity contribution in [3.63, 3.8) is 0 Å². The van der Waals surface area contributed by atoms with E-state index in [1.54, 1.807) is 37.2 Å². The fraction of sp³-hybridized carbons (Fsp3) is 0.353. The molecule has 5 rings (SSSR count). The van der Waals surface area contributed by atoms with Crippen LogP contribution in [-0.2, 0) is 27.2 Å². The summed E-state index contributed by atoms with van der Waals surface area (Å²) in [6, 6.07) is 19.6. The molecule has 0 aliphatic carbocycles. The number of methoxy groups -OCH3 is 2. The molecule has 0 fully saturated rings. The van der Waals surface area contributed by atoms with Crippen LogP contribution in [0.2, 0.25) is 5.15 Å². The molecular weight excluding hydrogens is 606 g/mol. The number of ketones is 1. The predicted molar refractivity (Wildman–Crippen MR) is 174 cm³/mol. The zero-order valence-corrected chi connectivity index (χ0v) is 27.4. The monoisotopic (exact) mass is 643 g/mol. The smallest absolute Gasteiger partial charge is 0.230 e. The molecule has 0 saturated carbocycles. The lowest BCUT2D eigenvalue weighted by molar-refractivity contribution is -0.106. The van der Waals surface area contributed by atoms with Gasteiger partial charge in [-0.1, -0.05) is 73.5 Å². The zero-order valence-electron chi connectivity index (χ0n) is 26.7. The van der Waals surface area contributed by atoms with Crippen molar-refractivity contribution >= 4 is 17.4 Å². The molecule has 0 radical (unpaired) electrons. The molecule has 0 aliphatic heterocycles. The summed E-state index contributed by atoms with van der Waals surface area (Å²) in [6.07, 6.45) is 3.13. The number of nitrogens with zero attached hydrogens (tertiary/aromatic N) is 7. The first-order valence-electron chi connectivity index (χ1n) is 15.3. The topological polar surface area (TPSA) is 119 Å². The molecule has 3 aromatic heterocycles. The normalized spacial score (nSPS) is 12.2. The molecule has 0 bridgehead atoms. The average molecular weight is 644 g/mol. The number of pyridine rings is 1. The number of hydrogen-bond donors (Lipinski definition) is 0. The number of halogens is 1. The van der Waals surface area contributed by atoms with Gasteiger partial charge < -0.3 is 18.8 Å². The fourth-order valence-electron chi connectivity index (χ4n) is 5.40. The van der Waals surface area contributed by atoms with E-state index in [0.29, 0.717) is 31.0 Å². The second-order valence-electron chi connectivity index (χ2n) is 10.7. The average Bonchev–Trinajstić information content (AvgIpc) is 3.69. The summed E-state index contributed by atoms with van der Waals surface area (Å²) in [7, 11) is 3.09.